The number of benzene rings is 1. The van der Waals surface area contributed by atoms with Gasteiger partial charge in [-0.05, 0) is 6.92 Å². The average Bonchev–Trinajstić information content (AvgIpc) is 2.58. The minimum absolute atomic E-state index is 0.815. The van der Waals surface area contributed by atoms with Crippen molar-refractivity contribution < 1.29 is 4.52 Å². The first-order chi connectivity index (χ1) is 5.86. The molecular weight excluding hydrogens is 150 g/mol. The van der Waals surface area contributed by atoms with Crippen LogP contribution in [0.3, 0.4) is 0 Å². The monoisotopic (exact) mass is 159 g/mol. The highest BCUT2D eigenvalue weighted by Crippen LogP contribution is 2.18. The molecule has 0 spiro atoms. The van der Waals surface area contributed by atoms with Crippen LogP contribution in [0.25, 0.3) is 11.3 Å². The molecule has 0 aliphatic rings. The van der Waals surface area contributed by atoms with E-state index in [-0.39, 0.29) is 0 Å². The van der Waals surface area contributed by atoms with Gasteiger partial charge in [-0.1, -0.05) is 35.0 Å². The Kier molecular flexibility index (Phi) is 1.67. The van der Waals surface area contributed by atoms with Gasteiger partial charge in [0.2, 0.25) is 0 Å². The Morgan fingerprint density at radius 3 is 2.42 bits per heavy atom. The van der Waals surface area contributed by atoms with E-state index in [1.165, 1.54) is 5.56 Å². The molecule has 12 heavy (non-hydrogen) atoms. The van der Waals surface area contributed by atoms with Gasteiger partial charge in [0.25, 0.3) is 0 Å². The van der Waals surface area contributed by atoms with E-state index < -0.39 is 0 Å². The summed E-state index contributed by atoms with van der Waals surface area (Å²) < 4.78 is 5.01. The fourth-order valence-electron chi connectivity index (χ4n) is 1.08. The molecular formula is C10H9NO. The SMILES string of the molecule is Cc1ccc(-c2ccno2)cc1. The second-order valence-electron chi connectivity index (χ2n) is 2.74. The summed E-state index contributed by atoms with van der Waals surface area (Å²) in [4.78, 5) is 0. The maximum absolute atomic E-state index is 5.01. The van der Waals surface area contributed by atoms with Gasteiger partial charge in [0.05, 0.1) is 6.20 Å². The minimum Gasteiger partial charge on any atom is -0.356 e. The van der Waals surface area contributed by atoms with E-state index in [1.807, 2.05) is 18.2 Å². The summed E-state index contributed by atoms with van der Waals surface area (Å²) in [6.07, 6.45) is 1.65. The van der Waals surface area contributed by atoms with Crippen LogP contribution in [0.5, 0.6) is 0 Å². The Morgan fingerprint density at radius 1 is 1.08 bits per heavy atom. The maximum atomic E-state index is 5.01. The van der Waals surface area contributed by atoms with Crippen molar-refractivity contribution in [3.8, 4) is 11.3 Å². The summed E-state index contributed by atoms with van der Waals surface area (Å²) in [7, 11) is 0. The van der Waals surface area contributed by atoms with Crippen LogP contribution in [0.2, 0.25) is 0 Å². The van der Waals surface area contributed by atoms with Crippen LogP contribution >= 0.6 is 0 Å². The fraction of sp³-hybridized carbons (Fsp3) is 0.100. The van der Waals surface area contributed by atoms with Gasteiger partial charge in [0.15, 0.2) is 5.76 Å². The lowest BCUT2D eigenvalue weighted by Crippen LogP contribution is -1.74. The molecule has 0 aliphatic carbocycles. The molecule has 0 atom stereocenters. The standard InChI is InChI=1S/C10H9NO/c1-8-2-4-9(5-3-8)10-6-7-11-12-10/h2-7H,1H3. The van der Waals surface area contributed by atoms with Crippen molar-refractivity contribution in [3.63, 3.8) is 0 Å². The molecule has 2 nitrogen and oxygen atoms in total. The van der Waals surface area contributed by atoms with Crippen LogP contribution in [0.4, 0.5) is 0 Å². The van der Waals surface area contributed by atoms with Crippen LogP contribution in [0.15, 0.2) is 41.1 Å². The Hall–Kier alpha value is -1.57. The number of nitrogens with zero attached hydrogens (tertiary/aromatic N) is 1. The fourth-order valence-corrected chi connectivity index (χ4v) is 1.08. The third-order valence-corrected chi connectivity index (χ3v) is 1.77. The highest BCUT2D eigenvalue weighted by Gasteiger charge is 1.98. The molecule has 0 radical (unpaired) electrons. The summed E-state index contributed by atoms with van der Waals surface area (Å²) in [5.41, 5.74) is 2.32. The van der Waals surface area contributed by atoms with E-state index in [9.17, 15) is 0 Å². The van der Waals surface area contributed by atoms with E-state index in [4.69, 9.17) is 4.52 Å². The summed E-state index contributed by atoms with van der Waals surface area (Å²) in [6.45, 7) is 2.06. The average molecular weight is 159 g/mol. The molecule has 2 aromatic rings. The van der Waals surface area contributed by atoms with Crippen LogP contribution < -0.4 is 0 Å². The van der Waals surface area contributed by atoms with Gasteiger partial charge in [-0.25, -0.2) is 0 Å². The predicted molar refractivity (Wildman–Crippen MR) is 46.7 cm³/mol. The molecule has 1 heterocycles. The zero-order chi connectivity index (χ0) is 8.39. The predicted octanol–water partition coefficient (Wildman–Crippen LogP) is 2.65. The topological polar surface area (TPSA) is 26.0 Å². The zero-order valence-corrected chi connectivity index (χ0v) is 6.82. The molecule has 0 bridgehead atoms. The molecule has 0 fully saturated rings. The van der Waals surface area contributed by atoms with Gasteiger partial charge in [-0.2, -0.15) is 0 Å². The van der Waals surface area contributed by atoms with E-state index in [0.717, 1.165) is 11.3 Å². The molecule has 0 unspecified atom stereocenters. The third kappa shape index (κ3) is 1.23. The van der Waals surface area contributed by atoms with Gasteiger partial charge >= 0.3 is 0 Å². The Balaban J connectivity index is 2.43. The number of hydrogen-bond acceptors (Lipinski definition) is 2. The first kappa shape index (κ1) is 7.10. The van der Waals surface area contributed by atoms with Gasteiger partial charge < -0.3 is 4.52 Å². The second kappa shape index (κ2) is 2.81. The van der Waals surface area contributed by atoms with Crippen LogP contribution in [0, 0.1) is 6.92 Å². The summed E-state index contributed by atoms with van der Waals surface area (Å²) in [5, 5.41) is 3.65. The van der Waals surface area contributed by atoms with Crippen LogP contribution in [-0.4, -0.2) is 5.16 Å². The number of rotatable bonds is 1. The van der Waals surface area contributed by atoms with Gasteiger partial charge in [0, 0.05) is 11.6 Å². The van der Waals surface area contributed by atoms with Crippen molar-refractivity contribution in [1.29, 1.82) is 0 Å². The van der Waals surface area contributed by atoms with E-state index in [0.29, 0.717) is 0 Å². The number of aromatic nitrogens is 1. The van der Waals surface area contributed by atoms with Crippen molar-refractivity contribution in [2.75, 3.05) is 0 Å². The smallest absolute Gasteiger partial charge is 0.166 e. The van der Waals surface area contributed by atoms with Gasteiger partial charge in [0.1, 0.15) is 0 Å². The molecule has 1 aromatic carbocycles. The Labute approximate surface area is 70.8 Å². The van der Waals surface area contributed by atoms with Crippen LogP contribution in [0.1, 0.15) is 5.56 Å². The Morgan fingerprint density at radius 2 is 1.83 bits per heavy atom. The summed E-state index contributed by atoms with van der Waals surface area (Å²) in [5.74, 6) is 0.815. The van der Waals surface area contributed by atoms with E-state index in [1.54, 1.807) is 6.20 Å². The van der Waals surface area contributed by atoms with Crippen molar-refractivity contribution >= 4 is 0 Å². The summed E-state index contributed by atoms with van der Waals surface area (Å²) in [6, 6.07) is 10.0. The lowest BCUT2D eigenvalue weighted by molar-refractivity contribution is 0.432. The van der Waals surface area contributed by atoms with Gasteiger partial charge in [-0.3, -0.25) is 0 Å². The summed E-state index contributed by atoms with van der Waals surface area (Å²) >= 11 is 0. The zero-order valence-electron chi connectivity index (χ0n) is 6.82. The van der Waals surface area contributed by atoms with Gasteiger partial charge in [-0.15, -0.1) is 0 Å². The van der Waals surface area contributed by atoms with Crippen molar-refractivity contribution in [3.05, 3.63) is 42.1 Å². The molecule has 0 saturated heterocycles. The largest absolute Gasteiger partial charge is 0.356 e. The third-order valence-electron chi connectivity index (χ3n) is 1.77. The highest BCUT2D eigenvalue weighted by atomic mass is 16.5. The van der Waals surface area contributed by atoms with Crippen molar-refractivity contribution in [1.82, 2.24) is 5.16 Å². The molecule has 2 heteroatoms. The Bertz CT molecular complexity index is 348. The number of hydrogen-bond donors (Lipinski definition) is 0. The highest BCUT2D eigenvalue weighted by molar-refractivity contribution is 5.56. The van der Waals surface area contributed by atoms with Crippen LogP contribution in [-0.2, 0) is 0 Å². The van der Waals surface area contributed by atoms with E-state index in [2.05, 4.69) is 24.2 Å². The first-order valence-electron chi connectivity index (χ1n) is 3.84. The normalized spacial score (nSPS) is 10.1. The molecule has 0 saturated carbocycles. The lowest BCUT2D eigenvalue weighted by atomic mass is 10.1. The number of aryl methyl sites for hydroxylation is 1. The minimum atomic E-state index is 0.815. The quantitative estimate of drug-likeness (QED) is 0.639. The second-order valence-corrected chi connectivity index (χ2v) is 2.74. The molecule has 0 N–H and O–H groups in total. The molecule has 60 valence electrons. The molecule has 0 amide bonds. The lowest BCUT2D eigenvalue weighted by Gasteiger charge is -1.94. The van der Waals surface area contributed by atoms with Crippen molar-refractivity contribution in [2.45, 2.75) is 6.92 Å². The molecule has 1 aromatic heterocycles. The molecule has 2 rings (SSSR count). The first-order valence-corrected chi connectivity index (χ1v) is 3.84. The van der Waals surface area contributed by atoms with E-state index >= 15 is 0 Å². The maximum Gasteiger partial charge on any atom is 0.166 e. The van der Waals surface area contributed by atoms with Crippen molar-refractivity contribution in [2.24, 2.45) is 0 Å². The molecule has 0 aliphatic heterocycles.